The molecule has 0 aliphatic carbocycles. The number of carbonyl (C=O) groups excluding carboxylic acids is 1. The first-order valence-electron chi connectivity index (χ1n) is 8.97. The molecular formula is C20H23ClFN3O2. The monoisotopic (exact) mass is 391 g/mol. The summed E-state index contributed by atoms with van der Waals surface area (Å²) in [5, 5.41) is 3.41. The van der Waals surface area contributed by atoms with Gasteiger partial charge in [0.25, 0.3) is 0 Å². The molecule has 0 atom stereocenters. The Hall–Kier alpha value is -2.15. The van der Waals surface area contributed by atoms with Crippen molar-refractivity contribution in [1.29, 1.82) is 0 Å². The van der Waals surface area contributed by atoms with Crippen LogP contribution in [0.25, 0.3) is 0 Å². The van der Waals surface area contributed by atoms with Crippen molar-refractivity contribution in [2.45, 2.75) is 0 Å². The van der Waals surface area contributed by atoms with E-state index in [0.717, 1.165) is 32.7 Å². The van der Waals surface area contributed by atoms with Crippen molar-refractivity contribution in [2.75, 3.05) is 51.2 Å². The standard InChI is InChI=1S/C20H23ClFN3O2/c21-18-3-1-2-4-19(18)27-14-13-24-9-11-25(12-10-24)15-20(26)23-17-7-5-16(22)6-8-17/h1-8H,9-15H2,(H,23,26). The molecule has 1 saturated heterocycles. The van der Waals surface area contributed by atoms with Crippen LogP contribution in [0, 0.1) is 5.82 Å². The van der Waals surface area contributed by atoms with E-state index in [4.69, 9.17) is 16.3 Å². The van der Waals surface area contributed by atoms with E-state index in [1.807, 2.05) is 24.3 Å². The van der Waals surface area contributed by atoms with Gasteiger partial charge in [0.05, 0.1) is 11.6 Å². The zero-order valence-corrected chi connectivity index (χ0v) is 15.8. The van der Waals surface area contributed by atoms with Crippen molar-refractivity contribution in [1.82, 2.24) is 9.80 Å². The Morgan fingerprint density at radius 2 is 1.70 bits per heavy atom. The average molecular weight is 392 g/mol. The van der Waals surface area contributed by atoms with Crippen LogP contribution in [0.2, 0.25) is 5.02 Å². The number of amides is 1. The number of anilines is 1. The molecule has 1 heterocycles. The van der Waals surface area contributed by atoms with E-state index in [1.165, 1.54) is 12.1 Å². The number of rotatable bonds is 7. The summed E-state index contributed by atoms with van der Waals surface area (Å²) in [4.78, 5) is 16.5. The van der Waals surface area contributed by atoms with Gasteiger partial charge in [-0.1, -0.05) is 23.7 Å². The minimum absolute atomic E-state index is 0.0860. The molecule has 7 heteroatoms. The van der Waals surface area contributed by atoms with E-state index in [-0.39, 0.29) is 11.7 Å². The van der Waals surface area contributed by atoms with E-state index in [9.17, 15) is 9.18 Å². The second-order valence-electron chi connectivity index (χ2n) is 6.45. The summed E-state index contributed by atoms with van der Waals surface area (Å²) in [6, 6.07) is 13.2. The molecule has 2 aromatic rings. The van der Waals surface area contributed by atoms with Crippen molar-refractivity contribution < 1.29 is 13.9 Å². The highest BCUT2D eigenvalue weighted by atomic mass is 35.5. The first kappa shape index (κ1) is 19.6. The molecule has 27 heavy (non-hydrogen) atoms. The third-order valence-corrected chi connectivity index (χ3v) is 4.77. The van der Waals surface area contributed by atoms with Crippen LogP contribution in [0.15, 0.2) is 48.5 Å². The molecule has 0 radical (unpaired) electrons. The Bertz CT molecular complexity index is 749. The maximum absolute atomic E-state index is 12.9. The summed E-state index contributed by atoms with van der Waals surface area (Å²) < 4.78 is 18.6. The average Bonchev–Trinajstić information content (AvgIpc) is 2.66. The number of carbonyl (C=O) groups is 1. The maximum Gasteiger partial charge on any atom is 0.238 e. The molecule has 2 aromatic carbocycles. The Labute approximate surface area is 163 Å². The highest BCUT2D eigenvalue weighted by molar-refractivity contribution is 6.32. The third kappa shape index (κ3) is 6.20. The van der Waals surface area contributed by atoms with Crippen LogP contribution in [-0.4, -0.2) is 61.6 Å². The quantitative estimate of drug-likeness (QED) is 0.787. The Balaban J connectivity index is 1.34. The molecule has 0 saturated carbocycles. The molecule has 0 bridgehead atoms. The van der Waals surface area contributed by atoms with Crippen LogP contribution in [0.3, 0.4) is 0 Å². The van der Waals surface area contributed by atoms with Gasteiger partial charge >= 0.3 is 0 Å². The van der Waals surface area contributed by atoms with Crippen LogP contribution < -0.4 is 10.1 Å². The lowest BCUT2D eigenvalue weighted by Crippen LogP contribution is -2.49. The normalized spacial score (nSPS) is 15.5. The number of piperazine rings is 1. The van der Waals surface area contributed by atoms with E-state index < -0.39 is 0 Å². The molecule has 1 fully saturated rings. The van der Waals surface area contributed by atoms with Crippen LogP contribution in [-0.2, 0) is 4.79 Å². The number of nitrogens with zero attached hydrogens (tertiary/aromatic N) is 2. The molecule has 3 rings (SSSR count). The molecular weight excluding hydrogens is 369 g/mol. The Morgan fingerprint density at radius 1 is 1.04 bits per heavy atom. The number of benzene rings is 2. The molecule has 1 N–H and O–H groups in total. The highest BCUT2D eigenvalue weighted by Gasteiger charge is 2.19. The predicted octanol–water partition coefficient (Wildman–Crippen LogP) is 3.11. The number of hydrogen-bond acceptors (Lipinski definition) is 4. The summed E-state index contributed by atoms with van der Waals surface area (Å²) in [6.45, 7) is 5.15. The topological polar surface area (TPSA) is 44.8 Å². The largest absolute Gasteiger partial charge is 0.491 e. The van der Waals surface area contributed by atoms with Crippen LogP contribution >= 0.6 is 11.6 Å². The number of para-hydroxylation sites is 1. The molecule has 1 amide bonds. The number of nitrogens with one attached hydrogen (secondary N) is 1. The third-order valence-electron chi connectivity index (χ3n) is 4.46. The van der Waals surface area contributed by atoms with Gasteiger partial charge < -0.3 is 10.1 Å². The zero-order chi connectivity index (χ0) is 19.1. The van der Waals surface area contributed by atoms with E-state index in [0.29, 0.717) is 29.6 Å². The highest BCUT2D eigenvalue weighted by Crippen LogP contribution is 2.22. The van der Waals surface area contributed by atoms with Gasteiger partial charge in [0.15, 0.2) is 0 Å². The first-order valence-corrected chi connectivity index (χ1v) is 9.35. The van der Waals surface area contributed by atoms with E-state index in [1.54, 1.807) is 12.1 Å². The van der Waals surface area contributed by atoms with Gasteiger partial charge in [0, 0.05) is 38.4 Å². The smallest absolute Gasteiger partial charge is 0.238 e. The minimum atomic E-state index is -0.317. The molecule has 1 aliphatic heterocycles. The number of hydrogen-bond donors (Lipinski definition) is 1. The molecule has 0 unspecified atom stereocenters. The summed E-state index contributed by atoms with van der Waals surface area (Å²) in [6.07, 6.45) is 0. The van der Waals surface area contributed by atoms with Crippen molar-refractivity contribution in [3.05, 3.63) is 59.4 Å². The van der Waals surface area contributed by atoms with Crippen molar-refractivity contribution in [3.63, 3.8) is 0 Å². The van der Waals surface area contributed by atoms with E-state index >= 15 is 0 Å². The second-order valence-corrected chi connectivity index (χ2v) is 6.86. The molecule has 1 aliphatic rings. The van der Waals surface area contributed by atoms with Gasteiger partial charge in [-0.05, 0) is 36.4 Å². The fourth-order valence-electron chi connectivity index (χ4n) is 2.95. The first-order chi connectivity index (χ1) is 13.1. The van der Waals surface area contributed by atoms with Gasteiger partial charge in [-0.3, -0.25) is 14.6 Å². The van der Waals surface area contributed by atoms with Gasteiger partial charge in [-0.25, -0.2) is 4.39 Å². The van der Waals surface area contributed by atoms with Crippen molar-refractivity contribution >= 4 is 23.2 Å². The van der Waals surface area contributed by atoms with Crippen molar-refractivity contribution in [3.8, 4) is 5.75 Å². The lowest BCUT2D eigenvalue weighted by Gasteiger charge is -2.34. The van der Waals surface area contributed by atoms with Gasteiger partial charge in [-0.2, -0.15) is 0 Å². The predicted molar refractivity (Wildman–Crippen MR) is 105 cm³/mol. The van der Waals surface area contributed by atoms with Crippen LogP contribution in [0.1, 0.15) is 0 Å². The summed E-state index contributed by atoms with van der Waals surface area (Å²) in [5.74, 6) is 0.301. The summed E-state index contributed by atoms with van der Waals surface area (Å²) in [5.41, 5.74) is 0.608. The van der Waals surface area contributed by atoms with Gasteiger partial charge in [0.2, 0.25) is 5.91 Å². The fourth-order valence-corrected chi connectivity index (χ4v) is 3.14. The lowest BCUT2D eigenvalue weighted by molar-refractivity contribution is -0.117. The molecule has 144 valence electrons. The Kier molecular flexibility index (Phi) is 7.04. The fraction of sp³-hybridized carbons (Fsp3) is 0.350. The van der Waals surface area contributed by atoms with E-state index in [2.05, 4.69) is 15.1 Å². The molecule has 0 aromatic heterocycles. The molecule has 5 nitrogen and oxygen atoms in total. The van der Waals surface area contributed by atoms with Crippen LogP contribution in [0.4, 0.5) is 10.1 Å². The molecule has 0 spiro atoms. The van der Waals surface area contributed by atoms with Gasteiger partial charge in [0.1, 0.15) is 18.2 Å². The lowest BCUT2D eigenvalue weighted by atomic mass is 10.3. The van der Waals surface area contributed by atoms with Crippen molar-refractivity contribution in [2.24, 2.45) is 0 Å². The zero-order valence-electron chi connectivity index (χ0n) is 15.0. The second kappa shape index (κ2) is 9.69. The van der Waals surface area contributed by atoms with Gasteiger partial charge in [-0.15, -0.1) is 0 Å². The minimum Gasteiger partial charge on any atom is -0.491 e. The van der Waals surface area contributed by atoms with Crippen LogP contribution in [0.5, 0.6) is 5.75 Å². The SMILES string of the molecule is O=C(CN1CCN(CCOc2ccccc2Cl)CC1)Nc1ccc(F)cc1. The summed E-state index contributed by atoms with van der Waals surface area (Å²) >= 11 is 6.08. The Morgan fingerprint density at radius 3 is 2.41 bits per heavy atom. The maximum atomic E-state index is 12.9. The number of ether oxygens (including phenoxy) is 1. The number of halogens is 2. The summed E-state index contributed by atoms with van der Waals surface area (Å²) in [7, 11) is 0.